The first-order valence-electron chi connectivity index (χ1n) is 24.9. The largest absolute Gasteiger partial charge is 0.481 e. The molecule has 0 radical (unpaired) electrons. The van der Waals surface area contributed by atoms with Gasteiger partial charge >= 0.3 is 11.9 Å². The number of primary amides is 1. The molecule has 0 bridgehead atoms. The first-order valence-corrected chi connectivity index (χ1v) is 24.9. The summed E-state index contributed by atoms with van der Waals surface area (Å²) in [7, 11) is 0. The Morgan fingerprint density at radius 1 is 0.707 bits per heavy atom. The Morgan fingerprint density at radius 3 is 1.83 bits per heavy atom. The fraction of sp³-hybridized carbons (Fsp3) is 0.625. The molecule has 1 aliphatic heterocycles. The number of aliphatic hydroxyl groups is 1. The monoisotopic (exact) mass is 1060 g/mol. The van der Waals surface area contributed by atoms with Crippen LogP contribution in [0.15, 0.2) is 35.3 Å². The molecule has 9 amide bonds. The lowest BCUT2D eigenvalue weighted by Gasteiger charge is -2.31. The number of nitrogens with two attached hydrogens (primary N) is 4. The first-order chi connectivity index (χ1) is 35.2. The highest BCUT2D eigenvalue weighted by Crippen LogP contribution is 2.21. The molecule has 0 aromatic heterocycles. The molecule has 0 aliphatic carbocycles. The third-order valence-electron chi connectivity index (χ3n) is 12.3. The van der Waals surface area contributed by atoms with Crippen molar-refractivity contribution >= 4 is 71.1 Å². The molecule has 1 aromatic rings. The molecule has 0 spiro atoms. The number of carboxylic acid groups (broad SMARTS) is 2. The zero-order chi connectivity index (χ0) is 56.7. The van der Waals surface area contributed by atoms with Crippen LogP contribution in [-0.2, 0) is 59.2 Å². The van der Waals surface area contributed by atoms with Crippen LogP contribution in [0.3, 0.4) is 0 Å². The van der Waals surface area contributed by atoms with Crippen LogP contribution in [0, 0.1) is 11.8 Å². The molecule has 1 saturated heterocycles. The number of carbonyl (C=O) groups excluding carboxylic acids is 9. The lowest BCUT2D eigenvalue weighted by molar-refractivity contribution is -0.144. The minimum absolute atomic E-state index is 0.0284. The summed E-state index contributed by atoms with van der Waals surface area (Å²) >= 11 is 0. The highest BCUT2D eigenvalue weighted by Gasteiger charge is 2.40. The van der Waals surface area contributed by atoms with Crippen molar-refractivity contribution in [3.8, 4) is 0 Å². The van der Waals surface area contributed by atoms with E-state index >= 15 is 0 Å². The quantitative estimate of drug-likeness (QED) is 0.0188. The maximum atomic E-state index is 14.3. The fourth-order valence-corrected chi connectivity index (χ4v) is 7.95. The van der Waals surface area contributed by atoms with E-state index in [1.807, 2.05) is 13.8 Å². The van der Waals surface area contributed by atoms with Gasteiger partial charge in [0, 0.05) is 25.9 Å². The number of aliphatic carboxylic acids is 2. The number of nitrogens with one attached hydrogen (secondary N) is 7. The number of nitrogens with zero attached hydrogens (tertiary/aromatic N) is 2. The molecule has 75 heavy (non-hydrogen) atoms. The smallest absolute Gasteiger partial charge is 0.326 e. The number of carboxylic acids is 2. The van der Waals surface area contributed by atoms with E-state index in [-0.39, 0.29) is 57.1 Å². The highest BCUT2D eigenvalue weighted by molar-refractivity contribution is 5.98. The maximum absolute atomic E-state index is 14.3. The number of amides is 9. The van der Waals surface area contributed by atoms with Crippen molar-refractivity contribution in [1.29, 1.82) is 0 Å². The molecule has 418 valence electrons. The minimum atomic E-state index is -1.66. The number of hydrogen-bond acceptors (Lipinski definition) is 14. The Kier molecular flexibility index (Phi) is 26.6. The van der Waals surface area contributed by atoms with Crippen LogP contribution < -0.4 is 60.2 Å². The number of carbonyl (C=O) groups is 11. The van der Waals surface area contributed by atoms with Gasteiger partial charge in [0.25, 0.3) is 0 Å². The SMILES string of the molecule is CC[C@H](C)[C@H](NC(=O)[C@@H](NC(=O)[C@H](C)NC(=O)[C@H](CCCN=C(N)N)NC(=O)[C@H](CCC(=O)O)NC(=O)[C@H](Cc1ccccc1)NC(=O)[C@@H]1CCCN1C(=O)[C@H](CC(C)C)NC(=O)[C@@H](N)CC(N)=O)[C@@H](C)O)C(=O)O. The zero-order valence-corrected chi connectivity index (χ0v) is 43.3. The molecule has 27 nitrogen and oxygen atoms in total. The summed E-state index contributed by atoms with van der Waals surface area (Å²) in [6.45, 7) is 9.41. The van der Waals surface area contributed by atoms with Gasteiger partial charge in [-0.15, -0.1) is 0 Å². The summed E-state index contributed by atoms with van der Waals surface area (Å²) in [5.74, 6) is -11.5. The number of aliphatic imine (C=N–C) groups is 1. The summed E-state index contributed by atoms with van der Waals surface area (Å²) in [5, 5.41) is 47.0. The van der Waals surface area contributed by atoms with Crippen LogP contribution in [0.2, 0.25) is 0 Å². The van der Waals surface area contributed by atoms with E-state index in [1.165, 1.54) is 18.7 Å². The van der Waals surface area contributed by atoms with Crippen molar-refractivity contribution in [1.82, 2.24) is 42.1 Å². The van der Waals surface area contributed by atoms with Gasteiger partial charge in [-0.05, 0) is 69.8 Å². The van der Waals surface area contributed by atoms with Crippen LogP contribution in [0.25, 0.3) is 0 Å². The molecule has 1 fully saturated rings. The molecular weight excluding hydrogens is 983 g/mol. The zero-order valence-electron chi connectivity index (χ0n) is 43.3. The number of benzene rings is 1. The molecule has 18 N–H and O–H groups in total. The molecule has 0 unspecified atom stereocenters. The predicted molar refractivity (Wildman–Crippen MR) is 271 cm³/mol. The van der Waals surface area contributed by atoms with Gasteiger partial charge in [0.15, 0.2) is 5.96 Å². The van der Waals surface area contributed by atoms with Gasteiger partial charge in [-0.1, -0.05) is 64.4 Å². The van der Waals surface area contributed by atoms with Gasteiger partial charge in [-0.3, -0.25) is 52.9 Å². The van der Waals surface area contributed by atoms with Gasteiger partial charge in [-0.25, -0.2) is 4.79 Å². The lowest BCUT2D eigenvalue weighted by atomic mass is 9.98. The molecule has 0 saturated carbocycles. The number of likely N-dealkylation sites (tertiary alicyclic amines) is 1. The third-order valence-corrected chi connectivity index (χ3v) is 12.3. The average Bonchev–Trinajstić information content (AvgIpc) is 3.83. The van der Waals surface area contributed by atoms with Gasteiger partial charge in [-0.2, -0.15) is 0 Å². The standard InChI is InChI=1S/C48H77N13O14/c1-7-25(4)37(47(74)75)59-45(72)38(27(6)62)60-39(66)26(5)54-41(68)30(15-11-19-53-48(51)52)55-42(69)31(17-18-36(64)65)56-43(70)32(22-28-13-9-8-10-14-28)57-44(71)34-16-12-20-61(34)46(73)33(21-24(2)3)58-40(67)29(49)23-35(50)63/h8-10,13-14,24-27,29-34,37-38,62H,7,11-12,15-23,49H2,1-6H3,(H2,50,63)(H,54,68)(H,55,69)(H,56,70)(H,57,71)(H,58,67)(H,59,72)(H,60,66)(H,64,65)(H,74,75)(H4,51,52,53)/t25-,26-,27+,29-,30-,31-,32-,33-,34-,37-,38-/m0/s1. The van der Waals surface area contributed by atoms with E-state index in [1.54, 1.807) is 44.2 Å². The Labute approximate surface area is 435 Å². The topological polar surface area (TPSA) is 452 Å². The molecule has 11 atom stereocenters. The summed E-state index contributed by atoms with van der Waals surface area (Å²) in [6.07, 6.45) is -2.38. The Balaban J connectivity index is 2.43. The van der Waals surface area contributed by atoms with Crippen LogP contribution in [0.5, 0.6) is 0 Å². The third kappa shape index (κ3) is 21.9. The summed E-state index contributed by atoms with van der Waals surface area (Å²) < 4.78 is 0. The average molecular weight is 1060 g/mol. The first kappa shape index (κ1) is 63.7. The summed E-state index contributed by atoms with van der Waals surface area (Å²) in [4.78, 5) is 150. The second-order valence-electron chi connectivity index (χ2n) is 19.1. The van der Waals surface area contributed by atoms with Gasteiger partial charge in [0.1, 0.15) is 48.3 Å². The second-order valence-corrected chi connectivity index (χ2v) is 19.1. The van der Waals surface area contributed by atoms with Crippen molar-refractivity contribution in [3.63, 3.8) is 0 Å². The molecule has 1 aliphatic rings. The van der Waals surface area contributed by atoms with E-state index in [0.717, 1.165) is 0 Å². The minimum Gasteiger partial charge on any atom is -0.481 e. The van der Waals surface area contributed by atoms with E-state index in [9.17, 15) is 68.1 Å². The normalized spacial score (nSPS) is 17.1. The molecule has 1 heterocycles. The maximum Gasteiger partial charge on any atom is 0.326 e. The van der Waals surface area contributed by atoms with Crippen molar-refractivity contribution in [2.45, 2.75) is 166 Å². The summed E-state index contributed by atoms with van der Waals surface area (Å²) in [5.41, 5.74) is 22.5. The van der Waals surface area contributed by atoms with Crippen LogP contribution in [0.4, 0.5) is 0 Å². The van der Waals surface area contributed by atoms with Crippen molar-refractivity contribution in [3.05, 3.63) is 35.9 Å². The van der Waals surface area contributed by atoms with Crippen molar-refractivity contribution in [2.24, 2.45) is 39.8 Å². The van der Waals surface area contributed by atoms with E-state index in [4.69, 9.17) is 22.9 Å². The Morgan fingerprint density at radius 2 is 1.28 bits per heavy atom. The molecule has 2 rings (SSSR count). The molecule has 1 aromatic carbocycles. The fourth-order valence-electron chi connectivity index (χ4n) is 7.95. The van der Waals surface area contributed by atoms with Crippen molar-refractivity contribution < 1.29 is 68.1 Å². The van der Waals surface area contributed by atoms with Crippen molar-refractivity contribution in [2.75, 3.05) is 13.1 Å². The Bertz CT molecular complexity index is 2190. The van der Waals surface area contributed by atoms with E-state index in [0.29, 0.717) is 18.4 Å². The highest BCUT2D eigenvalue weighted by atomic mass is 16.4. The lowest BCUT2D eigenvalue weighted by Crippen LogP contribution is -2.61. The van der Waals surface area contributed by atoms with Gasteiger partial charge < -0.3 is 80.4 Å². The number of hydrogen-bond donors (Lipinski definition) is 14. The van der Waals surface area contributed by atoms with Gasteiger partial charge in [0.05, 0.1) is 18.6 Å². The molecule has 27 heteroatoms. The molecular formula is C48H77N13O14. The predicted octanol–water partition coefficient (Wildman–Crippen LogP) is -3.69. The van der Waals surface area contributed by atoms with Crippen LogP contribution in [-0.4, -0.2) is 165 Å². The van der Waals surface area contributed by atoms with Crippen LogP contribution in [0.1, 0.15) is 105 Å². The number of rotatable bonds is 32. The number of aliphatic hydroxyl groups excluding tert-OH is 1. The van der Waals surface area contributed by atoms with Gasteiger partial charge in [0.2, 0.25) is 53.2 Å². The number of guanidine groups is 1. The van der Waals surface area contributed by atoms with E-state index in [2.05, 4.69) is 42.2 Å². The van der Waals surface area contributed by atoms with E-state index < -0.39 is 151 Å². The Hall–Kier alpha value is -7.42. The summed E-state index contributed by atoms with van der Waals surface area (Å²) in [6, 6.07) is -4.23. The van der Waals surface area contributed by atoms with Crippen LogP contribution >= 0.6 is 0 Å². The second kappa shape index (κ2) is 31.3.